The molecule has 128 valence electrons. The molecule has 0 amide bonds. The van der Waals surface area contributed by atoms with Gasteiger partial charge >= 0.3 is 0 Å². The molecule has 3 aromatic rings. The van der Waals surface area contributed by atoms with Gasteiger partial charge in [-0.15, -0.1) is 0 Å². The van der Waals surface area contributed by atoms with Gasteiger partial charge in [-0.05, 0) is 26.4 Å². The Labute approximate surface area is 144 Å². The van der Waals surface area contributed by atoms with Crippen LogP contribution in [0.2, 0.25) is 0 Å². The second-order valence-corrected chi connectivity index (χ2v) is 7.58. The molecule has 1 atom stereocenters. The van der Waals surface area contributed by atoms with Crippen LogP contribution in [0.1, 0.15) is 29.4 Å². The van der Waals surface area contributed by atoms with Crippen LogP contribution in [-0.4, -0.2) is 55.5 Å². The molecule has 0 N–H and O–H groups in total. The molecule has 4 heterocycles. The molecule has 3 aromatic heterocycles. The molecular weight excluding hydrogens is 324 g/mol. The predicted octanol–water partition coefficient (Wildman–Crippen LogP) is 2.18. The van der Waals surface area contributed by atoms with Crippen molar-refractivity contribution in [1.29, 1.82) is 0 Å². The first-order chi connectivity index (χ1) is 11.7. The number of aryl methyl sites for hydroxylation is 1. The maximum absolute atomic E-state index is 5.08. The maximum atomic E-state index is 5.08. The first kappa shape index (κ1) is 15.7. The number of fused-ring (bicyclic) bond motifs is 1. The maximum Gasteiger partial charge on any atom is 0.223 e. The van der Waals surface area contributed by atoms with Crippen molar-refractivity contribution in [1.82, 2.24) is 29.3 Å². The van der Waals surface area contributed by atoms with E-state index in [0.29, 0.717) is 11.9 Å². The Morgan fingerprint density at radius 2 is 2.38 bits per heavy atom. The zero-order valence-electron chi connectivity index (χ0n) is 14.1. The topological polar surface area (TPSA) is 62.7 Å². The van der Waals surface area contributed by atoms with E-state index in [1.54, 1.807) is 11.3 Å². The molecule has 0 saturated carbocycles. The molecule has 0 radical (unpaired) electrons. The Hall–Kier alpha value is -1.77. The number of likely N-dealkylation sites (N-methyl/N-ethyl adjacent to an activating group) is 1. The highest BCUT2D eigenvalue weighted by atomic mass is 32.1. The van der Waals surface area contributed by atoms with Gasteiger partial charge in [-0.25, -0.2) is 4.98 Å². The Morgan fingerprint density at radius 3 is 3.17 bits per heavy atom. The van der Waals surface area contributed by atoms with Crippen LogP contribution < -0.4 is 0 Å². The van der Waals surface area contributed by atoms with E-state index in [1.807, 2.05) is 19.3 Å². The highest BCUT2D eigenvalue weighted by molar-refractivity contribution is 7.17. The van der Waals surface area contributed by atoms with E-state index in [4.69, 9.17) is 4.52 Å². The minimum absolute atomic E-state index is 0.557. The summed E-state index contributed by atoms with van der Waals surface area (Å²) < 4.78 is 7.17. The number of aromatic nitrogens is 4. The van der Waals surface area contributed by atoms with Crippen molar-refractivity contribution in [3.63, 3.8) is 0 Å². The summed E-state index contributed by atoms with van der Waals surface area (Å²) >= 11 is 1.77. The van der Waals surface area contributed by atoms with Crippen molar-refractivity contribution >= 4 is 16.3 Å². The minimum atomic E-state index is 0.557. The van der Waals surface area contributed by atoms with Crippen molar-refractivity contribution in [2.45, 2.75) is 38.9 Å². The number of piperidine rings is 1. The molecule has 8 heteroatoms. The Morgan fingerprint density at radius 1 is 1.46 bits per heavy atom. The molecule has 0 bridgehead atoms. The first-order valence-corrected chi connectivity index (χ1v) is 9.12. The second kappa shape index (κ2) is 6.62. The lowest BCUT2D eigenvalue weighted by molar-refractivity contribution is 0.105. The van der Waals surface area contributed by atoms with Crippen molar-refractivity contribution in [2.24, 2.45) is 0 Å². The number of hydrogen-bond donors (Lipinski definition) is 0. The molecule has 4 rings (SSSR count). The predicted molar refractivity (Wildman–Crippen MR) is 91.9 cm³/mol. The van der Waals surface area contributed by atoms with Gasteiger partial charge in [-0.2, -0.15) is 4.98 Å². The Kier molecular flexibility index (Phi) is 4.34. The molecule has 1 saturated heterocycles. The molecule has 1 aliphatic rings. The van der Waals surface area contributed by atoms with Gasteiger partial charge in [0.15, 0.2) is 10.8 Å². The van der Waals surface area contributed by atoms with Gasteiger partial charge in [-0.1, -0.05) is 16.5 Å². The molecule has 0 aromatic carbocycles. The third-order valence-electron chi connectivity index (χ3n) is 4.58. The third kappa shape index (κ3) is 3.35. The zero-order chi connectivity index (χ0) is 16.5. The smallest absolute Gasteiger partial charge is 0.223 e. The summed E-state index contributed by atoms with van der Waals surface area (Å²) in [6, 6.07) is 0.557. The van der Waals surface area contributed by atoms with Crippen LogP contribution in [0.3, 0.4) is 0 Å². The number of imidazole rings is 1. The minimum Gasteiger partial charge on any atom is -0.340 e. The summed E-state index contributed by atoms with van der Waals surface area (Å²) in [4.78, 5) is 16.0. The quantitative estimate of drug-likeness (QED) is 0.706. The number of likely N-dealkylation sites (tertiary alicyclic amines) is 1. The van der Waals surface area contributed by atoms with Crippen LogP contribution in [-0.2, 0) is 13.1 Å². The lowest BCUT2D eigenvalue weighted by Gasteiger charge is -2.37. The highest BCUT2D eigenvalue weighted by Gasteiger charge is 2.24. The van der Waals surface area contributed by atoms with E-state index in [-0.39, 0.29) is 0 Å². The van der Waals surface area contributed by atoms with Gasteiger partial charge in [0.2, 0.25) is 5.89 Å². The molecule has 7 nitrogen and oxygen atoms in total. The molecular formula is C16H22N6OS. The number of hydrogen-bond acceptors (Lipinski definition) is 7. The first-order valence-electron chi connectivity index (χ1n) is 8.30. The Bertz CT molecular complexity index is 780. The fourth-order valence-electron chi connectivity index (χ4n) is 3.36. The van der Waals surface area contributed by atoms with Crippen LogP contribution >= 0.6 is 11.3 Å². The highest BCUT2D eigenvalue weighted by Crippen LogP contribution is 2.22. The van der Waals surface area contributed by atoms with Crippen LogP contribution in [0.25, 0.3) is 4.96 Å². The summed E-state index contributed by atoms with van der Waals surface area (Å²) in [5.74, 6) is 1.42. The van der Waals surface area contributed by atoms with E-state index in [9.17, 15) is 0 Å². The van der Waals surface area contributed by atoms with Gasteiger partial charge in [0.1, 0.15) is 0 Å². The zero-order valence-corrected chi connectivity index (χ0v) is 14.9. The number of nitrogens with zero attached hydrogens (tertiary/aromatic N) is 6. The van der Waals surface area contributed by atoms with Crippen molar-refractivity contribution < 1.29 is 4.52 Å². The van der Waals surface area contributed by atoms with Crippen LogP contribution in [0, 0.1) is 6.92 Å². The second-order valence-electron chi connectivity index (χ2n) is 6.49. The van der Waals surface area contributed by atoms with Gasteiger partial charge in [0.05, 0.1) is 6.54 Å². The molecule has 1 aliphatic heterocycles. The summed E-state index contributed by atoms with van der Waals surface area (Å²) in [5, 5.41) is 4.02. The number of rotatable bonds is 5. The van der Waals surface area contributed by atoms with E-state index in [1.165, 1.54) is 17.7 Å². The van der Waals surface area contributed by atoms with Gasteiger partial charge in [0, 0.05) is 49.5 Å². The van der Waals surface area contributed by atoms with Gasteiger partial charge < -0.3 is 4.52 Å². The average molecular weight is 346 g/mol. The standard InChI is InChI=1S/C16H22N6OS/c1-12-18-15(19-23-12)11-21-6-3-4-13(8-21)20(2)9-14-10-22-7-5-17-16(22)24-14/h5,7,10,13H,3-4,6,8-9,11H2,1-2H3. The fraction of sp³-hybridized carbons (Fsp3) is 0.562. The molecule has 24 heavy (non-hydrogen) atoms. The van der Waals surface area contributed by atoms with Crippen molar-refractivity contribution in [3.8, 4) is 0 Å². The van der Waals surface area contributed by atoms with Gasteiger partial charge in [-0.3, -0.25) is 14.2 Å². The lowest BCUT2D eigenvalue weighted by atomic mass is 10.0. The van der Waals surface area contributed by atoms with Crippen LogP contribution in [0.4, 0.5) is 0 Å². The van der Waals surface area contributed by atoms with Crippen LogP contribution in [0.15, 0.2) is 23.1 Å². The van der Waals surface area contributed by atoms with Gasteiger partial charge in [0.25, 0.3) is 0 Å². The summed E-state index contributed by atoms with van der Waals surface area (Å²) in [5.41, 5.74) is 0. The number of thiazole rings is 1. The average Bonchev–Trinajstić information content (AvgIpc) is 3.24. The van der Waals surface area contributed by atoms with Crippen molar-refractivity contribution in [2.75, 3.05) is 20.1 Å². The monoisotopic (exact) mass is 346 g/mol. The summed E-state index contributed by atoms with van der Waals surface area (Å²) in [7, 11) is 2.22. The largest absolute Gasteiger partial charge is 0.340 e. The summed E-state index contributed by atoms with van der Waals surface area (Å²) in [6.07, 6.45) is 8.48. The van der Waals surface area contributed by atoms with E-state index < -0.39 is 0 Å². The molecule has 1 fully saturated rings. The SMILES string of the molecule is Cc1nc(CN2CCCC(N(C)Cc3cn4ccnc4s3)C2)no1. The lowest BCUT2D eigenvalue weighted by Crippen LogP contribution is -2.45. The van der Waals surface area contributed by atoms with E-state index >= 15 is 0 Å². The third-order valence-corrected chi connectivity index (χ3v) is 5.58. The van der Waals surface area contributed by atoms with Crippen LogP contribution in [0.5, 0.6) is 0 Å². The van der Waals surface area contributed by atoms with E-state index in [2.05, 4.69) is 42.6 Å². The van der Waals surface area contributed by atoms with Crippen molar-refractivity contribution in [3.05, 3.63) is 35.2 Å². The normalized spacial score (nSPS) is 19.5. The summed E-state index contributed by atoms with van der Waals surface area (Å²) in [6.45, 7) is 5.72. The van der Waals surface area contributed by atoms with E-state index in [0.717, 1.165) is 37.0 Å². The Balaban J connectivity index is 1.36. The molecule has 0 spiro atoms. The molecule has 0 aliphatic carbocycles. The molecule has 1 unspecified atom stereocenters. The fourth-order valence-corrected chi connectivity index (χ4v) is 4.36.